The molecule has 2 unspecified atom stereocenters. The van der Waals surface area contributed by atoms with Crippen LogP contribution in [0.2, 0.25) is 0 Å². The van der Waals surface area contributed by atoms with Crippen LogP contribution in [0.3, 0.4) is 0 Å². The molecule has 0 aliphatic heterocycles. The van der Waals surface area contributed by atoms with Crippen molar-refractivity contribution in [2.75, 3.05) is 30.5 Å². The summed E-state index contributed by atoms with van der Waals surface area (Å²) in [7, 11) is 0. The van der Waals surface area contributed by atoms with Crippen molar-refractivity contribution >= 4 is 23.1 Å². The number of ether oxygens (including phenoxy) is 1. The molecule has 2 atom stereocenters. The minimum Gasteiger partial charge on any atom is -0.494 e. The smallest absolute Gasteiger partial charge is 0.123 e. The number of hydrogen-bond donors (Lipinski definition) is 3. The Balaban J connectivity index is 2.77. The molecule has 1 aromatic rings. The van der Waals surface area contributed by atoms with Crippen molar-refractivity contribution in [2.45, 2.75) is 25.1 Å². The Morgan fingerprint density at radius 2 is 2.17 bits per heavy atom. The van der Waals surface area contributed by atoms with Gasteiger partial charge in [-0.15, -0.1) is 0 Å². The van der Waals surface area contributed by atoms with Crippen molar-refractivity contribution in [1.29, 1.82) is 0 Å². The summed E-state index contributed by atoms with van der Waals surface area (Å²) < 4.78 is 5.45. The highest BCUT2D eigenvalue weighted by molar-refractivity contribution is 7.99. The Kier molecular flexibility index (Phi) is 6.15. The van der Waals surface area contributed by atoms with Crippen LogP contribution in [0.5, 0.6) is 5.75 Å². The van der Waals surface area contributed by atoms with Crippen LogP contribution in [0.15, 0.2) is 18.2 Å². The fourth-order valence-corrected chi connectivity index (χ4v) is 2.37. The average molecular weight is 270 g/mol. The van der Waals surface area contributed by atoms with E-state index in [9.17, 15) is 5.11 Å². The van der Waals surface area contributed by atoms with Crippen molar-refractivity contribution in [2.24, 2.45) is 0 Å². The Morgan fingerprint density at radius 3 is 2.72 bits per heavy atom. The average Bonchev–Trinajstić information content (AvgIpc) is 2.30. The first-order chi connectivity index (χ1) is 8.60. The molecule has 0 aromatic heterocycles. The molecule has 0 aliphatic rings. The quantitative estimate of drug-likeness (QED) is 0.663. The van der Waals surface area contributed by atoms with Gasteiger partial charge in [0.1, 0.15) is 5.75 Å². The second kappa shape index (κ2) is 7.38. The SMILES string of the molecule is CCOc1cc(N)cc(NC(C)C(CO)SC)c1. The lowest BCUT2D eigenvalue weighted by Gasteiger charge is -2.23. The van der Waals surface area contributed by atoms with Gasteiger partial charge in [-0.2, -0.15) is 11.8 Å². The Labute approximate surface area is 113 Å². The molecule has 4 nitrogen and oxygen atoms in total. The molecule has 5 heteroatoms. The van der Waals surface area contributed by atoms with E-state index in [1.54, 1.807) is 17.8 Å². The minimum atomic E-state index is 0.149. The molecule has 0 bridgehead atoms. The molecule has 102 valence electrons. The van der Waals surface area contributed by atoms with Gasteiger partial charge in [0, 0.05) is 34.8 Å². The summed E-state index contributed by atoms with van der Waals surface area (Å²) in [5.74, 6) is 0.761. The molecular formula is C13H22N2O2S. The predicted molar refractivity (Wildman–Crippen MR) is 79.5 cm³/mol. The first-order valence-electron chi connectivity index (χ1n) is 6.04. The van der Waals surface area contributed by atoms with Gasteiger partial charge in [-0.1, -0.05) is 0 Å². The fourth-order valence-electron chi connectivity index (χ4n) is 1.75. The molecule has 0 radical (unpaired) electrons. The monoisotopic (exact) mass is 270 g/mol. The van der Waals surface area contributed by atoms with Gasteiger partial charge in [-0.25, -0.2) is 0 Å². The van der Waals surface area contributed by atoms with Crippen LogP contribution in [0.4, 0.5) is 11.4 Å². The molecule has 0 heterocycles. The number of aliphatic hydroxyl groups is 1. The van der Waals surface area contributed by atoms with E-state index in [2.05, 4.69) is 5.32 Å². The second-order valence-corrected chi connectivity index (χ2v) is 5.19. The Morgan fingerprint density at radius 1 is 1.44 bits per heavy atom. The van der Waals surface area contributed by atoms with Gasteiger partial charge in [0.25, 0.3) is 0 Å². The van der Waals surface area contributed by atoms with Crippen molar-refractivity contribution in [3.8, 4) is 5.75 Å². The summed E-state index contributed by atoms with van der Waals surface area (Å²) in [6.45, 7) is 4.74. The maximum atomic E-state index is 9.26. The molecular weight excluding hydrogens is 248 g/mol. The largest absolute Gasteiger partial charge is 0.494 e. The number of nitrogens with two attached hydrogens (primary N) is 1. The summed E-state index contributed by atoms with van der Waals surface area (Å²) in [5, 5.41) is 12.8. The van der Waals surface area contributed by atoms with Crippen LogP contribution in [0.1, 0.15) is 13.8 Å². The zero-order valence-corrected chi connectivity index (χ0v) is 12.0. The lowest BCUT2D eigenvalue weighted by Crippen LogP contribution is -2.30. The number of aliphatic hydroxyl groups excluding tert-OH is 1. The lowest BCUT2D eigenvalue weighted by molar-refractivity contribution is 0.288. The lowest BCUT2D eigenvalue weighted by atomic mass is 10.2. The number of nitrogens with one attached hydrogen (secondary N) is 1. The Hall–Kier alpha value is -1.07. The standard InChI is InChI=1S/C13H22N2O2S/c1-4-17-12-6-10(14)5-11(7-12)15-9(2)13(8-16)18-3/h5-7,9,13,15-16H,4,8,14H2,1-3H3. The minimum absolute atomic E-state index is 0.149. The summed E-state index contributed by atoms with van der Waals surface area (Å²) in [5.41, 5.74) is 7.41. The molecule has 0 aliphatic carbocycles. The number of anilines is 2. The molecule has 0 fully saturated rings. The zero-order chi connectivity index (χ0) is 13.5. The van der Waals surface area contributed by atoms with Gasteiger partial charge >= 0.3 is 0 Å². The highest BCUT2D eigenvalue weighted by Crippen LogP contribution is 2.24. The fraction of sp³-hybridized carbons (Fsp3) is 0.538. The molecule has 0 saturated carbocycles. The van der Waals surface area contributed by atoms with E-state index in [1.807, 2.05) is 32.2 Å². The van der Waals surface area contributed by atoms with Crippen LogP contribution in [-0.2, 0) is 0 Å². The van der Waals surface area contributed by atoms with Crippen molar-refractivity contribution in [1.82, 2.24) is 0 Å². The van der Waals surface area contributed by atoms with Crippen LogP contribution < -0.4 is 15.8 Å². The molecule has 4 N–H and O–H groups in total. The summed E-state index contributed by atoms with van der Waals surface area (Å²) in [6, 6.07) is 5.75. The topological polar surface area (TPSA) is 67.5 Å². The molecule has 1 rings (SSSR count). The van der Waals surface area contributed by atoms with E-state index in [0.717, 1.165) is 11.4 Å². The van der Waals surface area contributed by atoms with Gasteiger partial charge in [-0.3, -0.25) is 0 Å². The van der Waals surface area contributed by atoms with Gasteiger partial charge < -0.3 is 20.9 Å². The number of rotatable bonds is 7. The van der Waals surface area contributed by atoms with Gasteiger partial charge in [0.05, 0.1) is 13.2 Å². The zero-order valence-electron chi connectivity index (χ0n) is 11.1. The third-order valence-electron chi connectivity index (χ3n) is 2.67. The predicted octanol–water partition coefficient (Wildman–Crippen LogP) is 2.19. The maximum absolute atomic E-state index is 9.26. The van der Waals surface area contributed by atoms with Crippen LogP contribution in [0, 0.1) is 0 Å². The van der Waals surface area contributed by atoms with E-state index < -0.39 is 0 Å². The molecule has 0 amide bonds. The highest BCUT2D eigenvalue weighted by atomic mass is 32.2. The molecule has 18 heavy (non-hydrogen) atoms. The number of benzene rings is 1. The van der Waals surface area contributed by atoms with Gasteiger partial charge in [-0.05, 0) is 26.2 Å². The summed E-state index contributed by atoms with van der Waals surface area (Å²) in [4.78, 5) is 0. The number of nitrogen functional groups attached to an aromatic ring is 1. The molecule has 1 aromatic carbocycles. The second-order valence-electron chi connectivity index (χ2n) is 4.11. The van der Waals surface area contributed by atoms with E-state index in [1.165, 1.54) is 0 Å². The van der Waals surface area contributed by atoms with Crippen LogP contribution >= 0.6 is 11.8 Å². The van der Waals surface area contributed by atoms with Crippen molar-refractivity contribution in [3.05, 3.63) is 18.2 Å². The van der Waals surface area contributed by atoms with E-state index in [4.69, 9.17) is 10.5 Å². The highest BCUT2D eigenvalue weighted by Gasteiger charge is 2.15. The van der Waals surface area contributed by atoms with E-state index in [-0.39, 0.29) is 17.9 Å². The van der Waals surface area contributed by atoms with Gasteiger partial charge in [0.2, 0.25) is 0 Å². The number of hydrogen-bond acceptors (Lipinski definition) is 5. The van der Waals surface area contributed by atoms with E-state index >= 15 is 0 Å². The van der Waals surface area contributed by atoms with Crippen LogP contribution in [-0.4, -0.2) is 35.9 Å². The van der Waals surface area contributed by atoms with Gasteiger partial charge in [0.15, 0.2) is 0 Å². The molecule has 0 saturated heterocycles. The first-order valence-corrected chi connectivity index (χ1v) is 7.33. The normalized spacial score (nSPS) is 14.0. The summed E-state index contributed by atoms with van der Waals surface area (Å²) in [6.07, 6.45) is 1.99. The molecule has 0 spiro atoms. The Bertz CT molecular complexity index is 370. The maximum Gasteiger partial charge on any atom is 0.123 e. The van der Waals surface area contributed by atoms with Crippen molar-refractivity contribution < 1.29 is 9.84 Å². The third-order valence-corrected chi connectivity index (χ3v) is 3.84. The van der Waals surface area contributed by atoms with E-state index in [0.29, 0.717) is 12.3 Å². The number of thioether (sulfide) groups is 1. The first kappa shape index (κ1) is 15.0. The summed E-state index contributed by atoms with van der Waals surface area (Å²) >= 11 is 1.64. The van der Waals surface area contributed by atoms with Crippen LogP contribution in [0.25, 0.3) is 0 Å². The van der Waals surface area contributed by atoms with Crippen molar-refractivity contribution in [3.63, 3.8) is 0 Å². The third kappa shape index (κ3) is 4.31.